The van der Waals surface area contributed by atoms with Gasteiger partial charge in [0.2, 0.25) is 0 Å². The van der Waals surface area contributed by atoms with Crippen LogP contribution in [0.2, 0.25) is 0 Å². The lowest BCUT2D eigenvalue weighted by Crippen LogP contribution is -2.28. The van der Waals surface area contributed by atoms with Crippen LogP contribution in [0.4, 0.5) is 0 Å². The molecule has 1 saturated carbocycles. The van der Waals surface area contributed by atoms with Gasteiger partial charge in [-0.3, -0.25) is 4.79 Å². The van der Waals surface area contributed by atoms with Crippen LogP contribution in [-0.2, 0) is 4.79 Å². The molecule has 0 heterocycles. The smallest absolute Gasteiger partial charge is 0.303 e. The van der Waals surface area contributed by atoms with Gasteiger partial charge in [0.15, 0.2) is 0 Å². The van der Waals surface area contributed by atoms with Gasteiger partial charge in [-0.1, -0.05) is 58.3 Å². The van der Waals surface area contributed by atoms with Crippen molar-refractivity contribution in [3.63, 3.8) is 0 Å². The van der Waals surface area contributed by atoms with Gasteiger partial charge < -0.3 is 15.3 Å². The van der Waals surface area contributed by atoms with E-state index in [2.05, 4.69) is 6.92 Å². The van der Waals surface area contributed by atoms with E-state index in [1.807, 2.05) is 0 Å². The summed E-state index contributed by atoms with van der Waals surface area (Å²) in [6.45, 7) is 2.21. The maximum atomic E-state index is 10.5. The molecule has 1 rings (SSSR count). The third kappa shape index (κ3) is 8.48. The normalized spacial score (nSPS) is 25.0. The molecule has 0 aromatic rings. The van der Waals surface area contributed by atoms with Crippen molar-refractivity contribution in [3.8, 4) is 0 Å². The van der Waals surface area contributed by atoms with Crippen molar-refractivity contribution in [1.82, 2.24) is 0 Å². The van der Waals surface area contributed by atoms with Crippen LogP contribution >= 0.6 is 0 Å². The first-order chi connectivity index (χ1) is 11.6. The van der Waals surface area contributed by atoms with Gasteiger partial charge in [0.1, 0.15) is 0 Å². The van der Waals surface area contributed by atoms with Gasteiger partial charge in [0.05, 0.1) is 12.2 Å². The Balaban J connectivity index is 2.21. The van der Waals surface area contributed by atoms with Gasteiger partial charge in [-0.15, -0.1) is 0 Å². The second-order valence-corrected chi connectivity index (χ2v) is 7.59. The molecular weight excluding hydrogens is 304 g/mol. The largest absolute Gasteiger partial charge is 0.481 e. The highest BCUT2D eigenvalue weighted by Crippen LogP contribution is 2.39. The van der Waals surface area contributed by atoms with Crippen molar-refractivity contribution < 1.29 is 20.1 Å². The molecule has 1 fully saturated rings. The summed E-state index contributed by atoms with van der Waals surface area (Å²) in [6, 6.07) is 0. The number of carboxylic acids is 1. The lowest BCUT2D eigenvalue weighted by molar-refractivity contribution is -0.137. The molecule has 142 valence electrons. The fourth-order valence-electron chi connectivity index (χ4n) is 4.14. The second kappa shape index (κ2) is 12.7. The third-order valence-corrected chi connectivity index (χ3v) is 5.62. The van der Waals surface area contributed by atoms with E-state index in [0.717, 1.165) is 57.8 Å². The average Bonchev–Trinajstić information content (AvgIpc) is 2.91. The fourth-order valence-corrected chi connectivity index (χ4v) is 4.14. The molecule has 4 nitrogen and oxygen atoms in total. The number of rotatable bonds is 14. The molecule has 4 atom stereocenters. The van der Waals surface area contributed by atoms with Gasteiger partial charge >= 0.3 is 5.97 Å². The van der Waals surface area contributed by atoms with E-state index in [0.29, 0.717) is 0 Å². The van der Waals surface area contributed by atoms with Crippen LogP contribution in [0.1, 0.15) is 96.8 Å². The zero-order chi connectivity index (χ0) is 17.8. The van der Waals surface area contributed by atoms with Gasteiger partial charge in [-0.2, -0.15) is 0 Å². The topological polar surface area (TPSA) is 77.8 Å². The number of aliphatic hydroxyl groups is 2. The highest BCUT2D eigenvalue weighted by Gasteiger charge is 2.38. The van der Waals surface area contributed by atoms with Crippen molar-refractivity contribution >= 4 is 5.97 Å². The van der Waals surface area contributed by atoms with Crippen LogP contribution in [-0.4, -0.2) is 33.5 Å². The monoisotopic (exact) mass is 342 g/mol. The lowest BCUT2D eigenvalue weighted by atomic mass is 9.84. The molecule has 0 aromatic heterocycles. The van der Waals surface area contributed by atoms with Crippen molar-refractivity contribution in [2.24, 2.45) is 11.8 Å². The molecule has 24 heavy (non-hydrogen) atoms. The fraction of sp³-hybridized carbons (Fsp3) is 0.950. The Labute approximate surface area is 147 Å². The first kappa shape index (κ1) is 21.4. The minimum absolute atomic E-state index is 0.232. The minimum Gasteiger partial charge on any atom is -0.481 e. The van der Waals surface area contributed by atoms with Gasteiger partial charge in [0, 0.05) is 6.42 Å². The van der Waals surface area contributed by atoms with Gasteiger partial charge in [-0.25, -0.2) is 0 Å². The van der Waals surface area contributed by atoms with Crippen molar-refractivity contribution in [2.75, 3.05) is 0 Å². The maximum absolute atomic E-state index is 10.5. The molecular formula is C20H38O4. The van der Waals surface area contributed by atoms with E-state index in [1.54, 1.807) is 0 Å². The number of unbranched alkanes of at least 4 members (excludes halogenated alkanes) is 7. The Morgan fingerprint density at radius 3 is 2.38 bits per heavy atom. The average molecular weight is 343 g/mol. The Bertz CT molecular complexity index is 332. The van der Waals surface area contributed by atoms with Crippen LogP contribution in [0, 0.1) is 11.8 Å². The predicted octanol–water partition coefficient (Wildman–Crippen LogP) is 4.52. The van der Waals surface area contributed by atoms with Gasteiger partial charge in [0.25, 0.3) is 0 Å². The summed E-state index contributed by atoms with van der Waals surface area (Å²) in [6.07, 6.45) is 13.2. The molecule has 4 unspecified atom stereocenters. The van der Waals surface area contributed by atoms with Crippen LogP contribution in [0.3, 0.4) is 0 Å². The highest BCUT2D eigenvalue weighted by atomic mass is 16.4. The van der Waals surface area contributed by atoms with E-state index in [1.165, 1.54) is 25.7 Å². The van der Waals surface area contributed by atoms with E-state index >= 15 is 0 Å². The van der Waals surface area contributed by atoms with E-state index < -0.39 is 5.97 Å². The number of carboxylic acid groups (broad SMARTS) is 1. The highest BCUT2D eigenvalue weighted by molar-refractivity contribution is 5.66. The number of hydrogen-bond acceptors (Lipinski definition) is 3. The molecule has 1 aliphatic carbocycles. The van der Waals surface area contributed by atoms with Crippen LogP contribution in [0.25, 0.3) is 0 Å². The van der Waals surface area contributed by atoms with Gasteiger partial charge in [-0.05, 0) is 43.9 Å². The number of carbonyl (C=O) groups is 1. The molecule has 0 bridgehead atoms. The Hall–Kier alpha value is -0.610. The molecule has 3 N–H and O–H groups in total. The molecule has 1 aliphatic rings. The first-order valence-electron chi connectivity index (χ1n) is 10.1. The summed E-state index contributed by atoms with van der Waals surface area (Å²) >= 11 is 0. The predicted molar refractivity (Wildman–Crippen MR) is 96.9 cm³/mol. The lowest BCUT2D eigenvalue weighted by Gasteiger charge is -2.26. The standard InChI is InChI=1S/C20H38O4/c1-2-3-4-5-9-12-18(21)17-14-15-19(22)16(17)11-8-6-7-10-13-20(23)24/h16-19,21-22H,2-15H2,1H3,(H,23,24). The Morgan fingerprint density at radius 2 is 1.67 bits per heavy atom. The van der Waals surface area contributed by atoms with Crippen LogP contribution in [0.15, 0.2) is 0 Å². The second-order valence-electron chi connectivity index (χ2n) is 7.59. The molecule has 0 amide bonds. The maximum Gasteiger partial charge on any atom is 0.303 e. The van der Waals surface area contributed by atoms with E-state index in [4.69, 9.17) is 5.11 Å². The SMILES string of the molecule is CCCCCCCC(O)C1CCC(O)C1CCCCCCC(=O)O. The summed E-state index contributed by atoms with van der Waals surface area (Å²) in [5.41, 5.74) is 0. The minimum atomic E-state index is -0.719. The quantitative estimate of drug-likeness (QED) is 0.406. The Morgan fingerprint density at radius 1 is 1.00 bits per heavy atom. The summed E-state index contributed by atoms with van der Waals surface area (Å²) < 4.78 is 0. The summed E-state index contributed by atoms with van der Waals surface area (Å²) in [5, 5.41) is 29.4. The molecule has 0 spiro atoms. The molecule has 0 aromatic carbocycles. The number of hydrogen-bond donors (Lipinski definition) is 3. The van der Waals surface area contributed by atoms with Crippen molar-refractivity contribution in [3.05, 3.63) is 0 Å². The van der Waals surface area contributed by atoms with E-state index in [9.17, 15) is 15.0 Å². The number of aliphatic hydroxyl groups excluding tert-OH is 2. The summed E-state index contributed by atoms with van der Waals surface area (Å²) in [5.74, 6) is -0.233. The third-order valence-electron chi connectivity index (χ3n) is 5.62. The molecule has 4 heteroatoms. The Kier molecular flexibility index (Phi) is 11.4. The molecule has 0 aliphatic heterocycles. The van der Waals surface area contributed by atoms with Crippen LogP contribution in [0.5, 0.6) is 0 Å². The zero-order valence-corrected chi connectivity index (χ0v) is 15.5. The summed E-state index contributed by atoms with van der Waals surface area (Å²) in [7, 11) is 0. The van der Waals surface area contributed by atoms with Crippen LogP contribution < -0.4 is 0 Å². The van der Waals surface area contributed by atoms with Crippen molar-refractivity contribution in [1.29, 1.82) is 0 Å². The van der Waals surface area contributed by atoms with Crippen molar-refractivity contribution in [2.45, 2.75) is 109 Å². The zero-order valence-electron chi connectivity index (χ0n) is 15.5. The summed E-state index contributed by atoms with van der Waals surface area (Å²) in [4.78, 5) is 10.5. The number of aliphatic carboxylic acids is 1. The molecule has 0 saturated heterocycles. The van der Waals surface area contributed by atoms with E-state index in [-0.39, 0.29) is 30.5 Å². The first-order valence-corrected chi connectivity index (χ1v) is 10.1. The molecule has 0 radical (unpaired) electrons.